The van der Waals surface area contributed by atoms with Crippen LogP contribution in [0.5, 0.6) is 0 Å². The van der Waals surface area contributed by atoms with E-state index in [1.807, 2.05) is 30.3 Å². The number of nitrogens with zero attached hydrogens (tertiary/aromatic N) is 2. The van der Waals surface area contributed by atoms with Crippen molar-refractivity contribution >= 4 is 55.7 Å². The Bertz CT molecular complexity index is 1440. The second kappa shape index (κ2) is 8.70. The second-order valence-electron chi connectivity index (χ2n) is 8.46. The highest BCUT2D eigenvalue weighted by Crippen LogP contribution is 2.44. The monoisotopic (exact) mass is 488 g/mol. The molecule has 5 nitrogen and oxygen atoms in total. The number of Topliss-reactive ketones (excluding diaryl/α,β-unsaturated/α-hetero) is 1. The van der Waals surface area contributed by atoms with Crippen molar-refractivity contribution in [2.45, 2.75) is 25.8 Å². The number of fused-ring (bicyclic) bond motifs is 1. The number of halogens is 1. The van der Waals surface area contributed by atoms with Crippen LogP contribution in [0.1, 0.15) is 42.5 Å². The van der Waals surface area contributed by atoms with E-state index < -0.39 is 17.7 Å². The van der Waals surface area contributed by atoms with Gasteiger partial charge in [-0.15, -0.1) is 0 Å². The van der Waals surface area contributed by atoms with Gasteiger partial charge in [0.05, 0.1) is 21.8 Å². The summed E-state index contributed by atoms with van der Waals surface area (Å²) >= 11 is 7.42. The van der Waals surface area contributed by atoms with Gasteiger partial charge < -0.3 is 5.11 Å². The Morgan fingerprint density at radius 2 is 1.74 bits per heavy atom. The van der Waals surface area contributed by atoms with Crippen LogP contribution in [0.15, 0.2) is 78.4 Å². The van der Waals surface area contributed by atoms with Crippen molar-refractivity contribution in [1.29, 1.82) is 0 Å². The summed E-state index contributed by atoms with van der Waals surface area (Å²) in [6, 6.07) is 21.1. The van der Waals surface area contributed by atoms with Crippen LogP contribution < -0.4 is 4.90 Å². The van der Waals surface area contributed by atoms with Crippen LogP contribution in [0, 0.1) is 0 Å². The third kappa shape index (κ3) is 3.79. The molecule has 1 fully saturated rings. The number of aliphatic hydroxyl groups excluding tert-OH is 1. The van der Waals surface area contributed by atoms with Crippen LogP contribution >= 0.6 is 22.9 Å². The SMILES string of the molecule is CC(C)c1ccc(C2C(=C(O)c3ccccc3)C(=O)C(=O)N2c2nc3ccc(Cl)cc3s2)cc1. The van der Waals surface area contributed by atoms with Crippen LogP contribution in [-0.2, 0) is 9.59 Å². The third-order valence-electron chi connectivity index (χ3n) is 5.96. The van der Waals surface area contributed by atoms with E-state index in [4.69, 9.17) is 11.6 Å². The van der Waals surface area contributed by atoms with Crippen LogP contribution in [0.3, 0.4) is 0 Å². The lowest BCUT2D eigenvalue weighted by Gasteiger charge is -2.23. The smallest absolute Gasteiger partial charge is 0.301 e. The van der Waals surface area contributed by atoms with Crippen LogP contribution in [0.25, 0.3) is 16.0 Å². The van der Waals surface area contributed by atoms with Crippen molar-refractivity contribution < 1.29 is 14.7 Å². The third-order valence-corrected chi connectivity index (χ3v) is 7.21. The van der Waals surface area contributed by atoms with Crippen LogP contribution in [-0.4, -0.2) is 21.8 Å². The Kier molecular flexibility index (Phi) is 5.71. The van der Waals surface area contributed by atoms with Gasteiger partial charge in [-0.25, -0.2) is 4.98 Å². The molecule has 1 amide bonds. The Morgan fingerprint density at radius 1 is 1.03 bits per heavy atom. The van der Waals surface area contributed by atoms with Crippen molar-refractivity contribution in [3.05, 3.63) is 100 Å². The number of rotatable bonds is 4. The van der Waals surface area contributed by atoms with Gasteiger partial charge in [0.2, 0.25) is 0 Å². The molecule has 0 radical (unpaired) electrons. The standard InChI is InChI=1S/C27H21ClN2O3S/c1-15(2)16-8-10-17(11-9-16)23-22(24(31)18-6-4-3-5-7-18)25(32)26(33)30(23)27-29-20-13-12-19(28)14-21(20)34-27/h3-15,23,31H,1-2H3. The molecule has 0 bridgehead atoms. The van der Waals surface area contributed by atoms with Gasteiger partial charge in [-0.05, 0) is 35.2 Å². The van der Waals surface area contributed by atoms with Crippen molar-refractivity contribution in [3.8, 4) is 0 Å². The molecule has 4 aromatic rings. The topological polar surface area (TPSA) is 70.5 Å². The average Bonchev–Trinajstić information content (AvgIpc) is 3.37. The summed E-state index contributed by atoms with van der Waals surface area (Å²) in [7, 11) is 0. The number of thiazole rings is 1. The summed E-state index contributed by atoms with van der Waals surface area (Å²) in [5.41, 5.74) is 3.06. The minimum atomic E-state index is -0.808. The number of aromatic nitrogens is 1. The fraction of sp³-hybridized carbons (Fsp3) is 0.148. The second-order valence-corrected chi connectivity index (χ2v) is 9.91. The molecule has 3 aromatic carbocycles. The molecule has 0 spiro atoms. The van der Waals surface area contributed by atoms with Crippen molar-refractivity contribution in [3.63, 3.8) is 0 Å². The molecular weight excluding hydrogens is 468 g/mol. The first kappa shape index (κ1) is 22.3. The quantitative estimate of drug-likeness (QED) is 0.197. The summed E-state index contributed by atoms with van der Waals surface area (Å²) in [5.74, 6) is -1.33. The first-order chi connectivity index (χ1) is 16.3. The first-order valence-electron chi connectivity index (χ1n) is 10.9. The fourth-order valence-corrected chi connectivity index (χ4v) is 5.42. The summed E-state index contributed by atoms with van der Waals surface area (Å²) in [5, 5.41) is 12.1. The van der Waals surface area contributed by atoms with Gasteiger partial charge in [0, 0.05) is 10.6 Å². The van der Waals surface area contributed by atoms with E-state index in [0.717, 1.165) is 15.8 Å². The van der Waals surface area contributed by atoms with E-state index >= 15 is 0 Å². The summed E-state index contributed by atoms with van der Waals surface area (Å²) in [6.45, 7) is 4.20. The van der Waals surface area contributed by atoms with E-state index in [1.165, 1.54) is 16.2 Å². The highest BCUT2D eigenvalue weighted by Gasteiger charge is 2.48. The van der Waals surface area contributed by atoms with E-state index in [-0.39, 0.29) is 11.3 Å². The number of aliphatic hydroxyl groups is 1. The van der Waals surface area contributed by atoms with Crippen molar-refractivity contribution in [1.82, 2.24) is 4.98 Å². The van der Waals surface area contributed by atoms with E-state index in [9.17, 15) is 14.7 Å². The van der Waals surface area contributed by atoms with Gasteiger partial charge in [-0.1, -0.05) is 91.4 Å². The maximum absolute atomic E-state index is 13.3. The maximum atomic E-state index is 13.3. The lowest BCUT2D eigenvalue weighted by atomic mass is 9.93. The zero-order valence-electron chi connectivity index (χ0n) is 18.5. The summed E-state index contributed by atoms with van der Waals surface area (Å²) < 4.78 is 0.807. The van der Waals surface area contributed by atoms with Gasteiger partial charge in [0.1, 0.15) is 5.76 Å². The molecule has 1 aliphatic heterocycles. The molecule has 1 saturated heterocycles. The minimum Gasteiger partial charge on any atom is -0.507 e. The number of ketones is 1. The van der Waals surface area contributed by atoms with Gasteiger partial charge in [0.25, 0.3) is 5.78 Å². The zero-order valence-corrected chi connectivity index (χ0v) is 20.1. The summed E-state index contributed by atoms with van der Waals surface area (Å²) in [6.07, 6.45) is 0. The van der Waals surface area contributed by atoms with Gasteiger partial charge in [-0.2, -0.15) is 0 Å². The first-order valence-corrected chi connectivity index (χ1v) is 12.1. The van der Waals surface area contributed by atoms with Gasteiger partial charge in [0.15, 0.2) is 5.13 Å². The molecular formula is C27H21ClN2O3S. The molecule has 5 rings (SSSR count). The fourth-order valence-electron chi connectivity index (χ4n) is 4.15. The number of carbonyl (C=O) groups is 2. The number of amides is 1. The van der Waals surface area contributed by atoms with Gasteiger partial charge >= 0.3 is 5.91 Å². The molecule has 1 aromatic heterocycles. The largest absolute Gasteiger partial charge is 0.507 e. The molecule has 1 unspecified atom stereocenters. The average molecular weight is 489 g/mol. The number of carbonyl (C=O) groups excluding carboxylic acids is 2. The maximum Gasteiger partial charge on any atom is 0.301 e. The number of hydrogen-bond donors (Lipinski definition) is 1. The molecule has 0 aliphatic carbocycles. The Morgan fingerprint density at radius 3 is 2.41 bits per heavy atom. The van der Waals surface area contributed by atoms with E-state index in [0.29, 0.717) is 27.2 Å². The van der Waals surface area contributed by atoms with Gasteiger partial charge in [-0.3, -0.25) is 14.5 Å². The van der Waals surface area contributed by atoms with Crippen molar-refractivity contribution in [2.24, 2.45) is 0 Å². The lowest BCUT2D eigenvalue weighted by Crippen LogP contribution is -2.29. The molecule has 2 heterocycles. The molecule has 1 aliphatic rings. The molecule has 1 atom stereocenters. The predicted octanol–water partition coefficient (Wildman–Crippen LogP) is 6.70. The Hall–Kier alpha value is -3.48. The number of anilines is 1. The molecule has 1 N–H and O–H groups in total. The van der Waals surface area contributed by atoms with Crippen LogP contribution in [0.4, 0.5) is 5.13 Å². The zero-order chi connectivity index (χ0) is 24.0. The molecule has 7 heteroatoms. The Labute approximate surface area is 205 Å². The van der Waals surface area contributed by atoms with Crippen LogP contribution in [0.2, 0.25) is 5.02 Å². The Balaban J connectivity index is 1.72. The highest BCUT2D eigenvalue weighted by molar-refractivity contribution is 7.22. The highest BCUT2D eigenvalue weighted by atomic mass is 35.5. The predicted molar refractivity (Wildman–Crippen MR) is 136 cm³/mol. The molecule has 34 heavy (non-hydrogen) atoms. The number of hydrogen-bond acceptors (Lipinski definition) is 5. The van der Waals surface area contributed by atoms with E-state index in [1.54, 1.807) is 42.5 Å². The molecule has 0 saturated carbocycles. The summed E-state index contributed by atoms with van der Waals surface area (Å²) in [4.78, 5) is 32.6. The normalized spacial score (nSPS) is 17.8. The minimum absolute atomic E-state index is 0.0470. The number of benzene rings is 3. The van der Waals surface area contributed by atoms with E-state index in [2.05, 4.69) is 18.8 Å². The lowest BCUT2D eigenvalue weighted by molar-refractivity contribution is -0.132. The molecule has 170 valence electrons. The van der Waals surface area contributed by atoms with Crippen molar-refractivity contribution in [2.75, 3.05) is 4.90 Å².